The third-order valence-corrected chi connectivity index (χ3v) is 4.59. The largest absolute Gasteiger partial charge is 0.371 e. The van der Waals surface area contributed by atoms with Crippen molar-refractivity contribution in [3.63, 3.8) is 0 Å². The van der Waals surface area contributed by atoms with Crippen LogP contribution in [-0.4, -0.2) is 26.7 Å². The van der Waals surface area contributed by atoms with E-state index in [4.69, 9.17) is 0 Å². The van der Waals surface area contributed by atoms with Crippen LogP contribution in [0.5, 0.6) is 0 Å². The van der Waals surface area contributed by atoms with Gasteiger partial charge in [0.25, 0.3) is 0 Å². The first kappa shape index (κ1) is 14.4. The van der Waals surface area contributed by atoms with Crippen molar-refractivity contribution < 1.29 is 0 Å². The number of nitrogens with zero attached hydrogens (tertiary/aromatic N) is 1. The predicted molar refractivity (Wildman–Crippen MR) is 83.9 cm³/mol. The smallest absolute Gasteiger partial charge is 0.0371 e. The Morgan fingerprint density at radius 2 is 1.84 bits per heavy atom. The average Bonchev–Trinajstić information content (AvgIpc) is 2.30. The van der Waals surface area contributed by atoms with Crippen LogP contribution in [0.15, 0.2) is 18.2 Å². The van der Waals surface area contributed by atoms with Crippen LogP contribution in [-0.2, 0) is 0 Å². The second kappa shape index (κ2) is 5.54. The quantitative estimate of drug-likeness (QED) is 0.896. The molecule has 2 nitrogen and oxygen atoms in total. The van der Waals surface area contributed by atoms with Gasteiger partial charge < -0.3 is 10.2 Å². The van der Waals surface area contributed by atoms with Crippen molar-refractivity contribution in [2.45, 2.75) is 34.1 Å². The van der Waals surface area contributed by atoms with Gasteiger partial charge in [-0.15, -0.1) is 0 Å². The van der Waals surface area contributed by atoms with Gasteiger partial charge in [-0.25, -0.2) is 0 Å². The Morgan fingerprint density at radius 1 is 1.21 bits per heavy atom. The van der Waals surface area contributed by atoms with Crippen LogP contribution in [0.1, 0.15) is 31.4 Å². The molecule has 1 aliphatic rings. The minimum atomic E-state index is 0.443. The summed E-state index contributed by atoms with van der Waals surface area (Å²) in [4.78, 5) is 2.56. The number of nitrogens with one attached hydrogen (secondary N) is 1. The first-order chi connectivity index (χ1) is 8.92. The van der Waals surface area contributed by atoms with Crippen LogP contribution in [0.4, 0.5) is 5.69 Å². The fourth-order valence-electron chi connectivity index (χ4n) is 3.19. The third kappa shape index (κ3) is 3.30. The van der Waals surface area contributed by atoms with E-state index in [-0.39, 0.29) is 0 Å². The lowest BCUT2D eigenvalue weighted by atomic mass is 9.73. The molecular formula is C17H28N2. The second-order valence-electron chi connectivity index (χ2n) is 6.79. The summed E-state index contributed by atoms with van der Waals surface area (Å²) in [6.07, 6.45) is 1.27. The first-order valence-corrected chi connectivity index (χ1v) is 7.40. The number of benzene rings is 1. The summed E-state index contributed by atoms with van der Waals surface area (Å²) in [7, 11) is 2.06. The monoisotopic (exact) mass is 260 g/mol. The fourth-order valence-corrected chi connectivity index (χ4v) is 3.19. The molecular weight excluding hydrogens is 232 g/mol. The fraction of sp³-hybridized carbons (Fsp3) is 0.647. The molecule has 1 heterocycles. The molecule has 0 saturated carbocycles. The lowest BCUT2D eigenvalue weighted by molar-refractivity contribution is 0.169. The Kier molecular flexibility index (Phi) is 4.19. The standard InChI is InChI=1S/C17H28N2/c1-13-8-14(2)10-16(9-13)19-7-6-17(3,4)15(12-19)11-18-5/h8-10,15,18H,6-7,11-12H2,1-5H3. The molecule has 1 unspecified atom stereocenters. The summed E-state index contributed by atoms with van der Waals surface area (Å²) in [5, 5.41) is 3.36. The van der Waals surface area contributed by atoms with E-state index < -0.39 is 0 Å². The molecule has 0 spiro atoms. The maximum Gasteiger partial charge on any atom is 0.0371 e. The normalized spacial score (nSPS) is 22.6. The van der Waals surface area contributed by atoms with Gasteiger partial charge in [-0.1, -0.05) is 19.9 Å². The number of hydrogen-bond acceptors (Lipinski definition) is 2. The molecule has 1 saturated heterocycles. The zero-order chi connectivity index (χ0) is 14.0. The van der Waals surface area contributed by atoms with E-state index in [9.17, 15) is 0 Å². The van der Waals surface area contributed by atoms with Gasteiger partial charge in [-0.2, -0.15) is 0 Å². The number of aryl methyl sites for hydroxylation is 2. The molecule has 2 heteroatoms. The molecule has 0 radical (unpaired) electrons. The molecule has 1 N–H and O–H groups in total. The molecule has 2 rings (SSSR count). The zero-order valence-electron chi connectivity index (χ0n) is 13.1. The number of hydrogen-bond donors (Lipinski definition) is 1. The van der Waals surface area contributed by atoms with Crippen LogP contribution in [0, 0.1) is 25.2 Å². The van der Waals surface area contributed by atoms with Gasteiger partial charge in [0.05, 0.1) is 0 Å². The molecule has 106 valence electrons. The number of rotatable bonds is 3. The highest BCUT2D eigenvalue weighted by molar-refractivity contribution is 5.51. The van der Waals surface area contributed by atoms with E-state index >= 15 is 0 Å². The molecule has 1 atom stereocenters. The Morgan fingerprint density at radius 3 is 2.42 bits per heavy atom. The summed E-state index contributed by atoms with van der Waals surface area (Å²) in [6.45, 7) is 12.6. The van der Waals surface area contributed by atoms with Gasteiger partial charge in [0.15, 0.2) is 0 Å². The maximum absolute atomic E-state index is 3.36. The van der Waals surface area contributed by atoms with Gasteiger partial charge in [-0.05, 0) is 68.5 Å². The Balaban J connectivity index is 2.18. The number of anilines is 1. The Bertz CT molecular complexity index is 417. The summed E-state index contributed by atoms with van der Waals surface area (Å²) >= 11 is 0. The van der Waals surface area contributed by atoms with Gasteiger partial charge in [0, 0.05) is 18.8 Å². The van der Waals surface area contributed by atoms with Crippen LogP contribution in [0.2, 0.25) is 0 Å². The van der Waals surface area contributed by atoms with E-state index in [2.05, 4.69) is 63.2 Å². The summed E-state index contributed by atoms with van der Waals surface area (Å²) in [5.41, 5.74) is 4.57. The third-order valence-electron chi connectivity index (χ3n) is 4.59. The van der Waals surface area contributed by atoms with E-state index in [1.807, 2.05) is 0 Å². The van der Waals surface area contributed by atoms with Crippen molar-refractivity contribution in [2.24, 2.45) is 11.3 Å². The average molecular weight is 260 g/mol. The molecule has 1 fully saturated rings. The van der Waals surface area contributed by atoms with Crippen molar-refractivity contribution >= 4 is 5.69 Å². The van der Waals surface area contributed by atoms with Crippen LogP contribution < -0.4 is 10.2 Å². The first-order valence-electron chi connectivity index (χ1n) is 7.40. The van der Waals surface area contributed by atoms with Gasteiger partial charge in [0.1, 0.15) is 0 Å². The summed E-state index contributed by atoms with van der Waals surface area (Å²) in [5.74, 6) is 0.715. The van der Waals surface area contributed by atoms with E-state index in [1.54, 1.807) is 0 Å². The number of piperidine rings is 1. The molecule has 1 aliphatic heterocycles. The molecule has 0 aliphatic carbocycles. The van der Waals surface area contributed by atoms with Crippen molar-refractivity contribution in [1.82, 2.24) is 5.32 Å². The highest BCUT2D eigenvalue weighted by atomic mass is 15.1. The highest BCUT2D eigenvalue weighted by Crippen LogP contribution is 2.37. The lowest BCUT2D eigenvalue weighted by Crippen LogP contribution is -2.48. The van der Waals surface area contributed by atoms with Crippen LogP contribution >= 0.6 is 0 Å². The second-order valence-corrected chi connectivity index (χ2v) is 6.79. The van der Waals surface area contributed by atoms with Crippen molar-refractivity contribution in [2.75, 3.05) is 31.6 Å². The minimum Gasteiger partial charge on any atom is -0.371 e. The maximum atomic E-state index is 3.36. The van der Waals surface area contributed by atoms with Crippen molar-refractivity contribution in [1.29, 1.82) is 0 Å². The van der Waals surface area contributed by atoms with Gasteiger partial charge >= 0.3 is 0 Å². The molecule has 0 bridgehead atoms. The highest BCUT2D eigenvalue weighted by Gasteiger charge is 2.35. The minimum absolute atomic E-state index is 0.443. The van der Waals surface area contributed by atoms with E-state index in [1.165, 1.54) is 29.8 Å². The van der Waals surface area contributed by atoms with E-state index in [0.29, 0.717) is 11.3 Å². The van der Waals surface area contributed by atoms with Gasteiger partial charge in [-0.3, -0.25) is 0 Å². The van der Waals surface area contributed by atoms with Crippen LogP contribution in [0.25, 0.3) is 0 Å². The van der Waals surface area contributed by atoms with Crippen molar-refractivity contribution in [3.05, 3.63) is 29.3 Å². The van der Waals surface area contributed by atoms with E-state index in [0.717, 1.165) is 13.1 Å². The predicted octanol–water partition coefficient (Wildman–Crippen LogP) is 3.38. The Hall–Kier alpha value is -1.02. The molecule has 0 amide bonds. The topological polar surface area (TPSA) is 15.3 Å². The van der Waals surface area contributed by atoms with Crippen LogP contribution in [0.3, 0.4) is 0 Å². The molecule has 1 aromatic carbocycles. The molecule has 0 aromatic heterocycles. The SMILES string of the molecule is CNCC1CN(c2cc(C)cc(C)c2)CCC1(C)C. The lowest BCUT2D eigenvalue weighted by Gasteiger charge is -2.45. The summed E-state index contributed by atoms with van der Waals surface area (Å²) in [6, 6.07) is 6.89. The summed E-state index contributed by atoms with van der Waals surface area (Å²) < 4.78 is 0. The van der Waals surface area contributed by atoms with Crippen molar-refractivity contribution in [3.8, 4) is 0 Å². The molecule has 19 heavy (non-hydrogen) atoms. The Labute approximate surface area is 118 Å². The van der Waals surface area contributed by atoms with Gasteiger partial charge in [0.2, 0.25) is 0 Å². The molecule has 1 aromatic rings. The zero-order valence-corrected chi connectivity index (χ0v) is 13.1.